The molecule has 0 saturated carbocycles. The summed E-state index contributed by atoms with van der Waals surface area (Å²) >= 11 is 1.37. The zero-order chi connectivity index (χ0) is 22.7. The minimum atomic E-state index is -0.486. The molecule has 9 nitrogen and oxygen atoms in total. The van der Waals surface area contributed by atoms with Gasteiger partial charge in [-0.3, -0.25) is 14.4 Å². The molecule has 2 aliphatic rings. The number of anilines is 1. The highest BCUT2D eigenvalue weighted by molar-refractivity contribution is 8.15. The number of amidine groups is 1. The monoisotopic (exact) mass is 455 g/mol. The second-order valence-electron chi connectivity index (χ2n) is 7.95. The lowest BCUT2D eigenvalue weighted by Crippen LogP contribution is -2.26. The molecule has 2 aromatic rings. The molecule has 0 aliphatic carbocycles. The molecule has 32 heavy (non-hydrogen) atoms. The summed E-state index contributed by atoms with van der Waals surface area (Å²) in [5.41, 5.74) is 1.74. The normalized spacial score (nSPS) is 18.1. The van der Waals surface area contributed by atoms with Crippen LogP contribution in [0, 0.1) is 6.92 Å². The van der Waals surface area contributed by atoms with Crippen LogP contribution in [0.1, 0.15) is 41.1 Å². The highest BCUT2D eigenvalue weighted by Crippen LogP contribution is 2.29. The van der Waals surface area contributed by atoms with Gasteiger partial charge >= 0.3 is 0 Å². The number of likely N-dealkylation sites (tertiary alicyclic amines) is 1. The molecule has 1 aromatic carbocycles. The number of carbonyl (C=O) groups excluding carboxylic acids is 3. The number of hydrogen-bond acceptors (Lipinski definition) is 7. The molecule has 0 radical (unpaired) electrons. The van der Waals surface area contributed by atoms with Gasteiger partial charge < -0.3 is 19.6 Å². The molecular formula is C22H25N5O4S. The number of aliphatic imine (C=N–C) groups is 1. The molecular weight excluding hydrogens is 430 g/mol. The van der Waals surface area contributed by atoms with Crippen molar-refractivity contribution in [1.29, 1.82) is 0 Å². The Morgan fingerprint density at radius 1 is 1.25 bits per heavy atom. The van der Waals surface area contributed by atoms with Crippen LogP contribution in [-0.2, 0) is 16.1 Å². The van der Waals surface area contributed by atoms with E-state index in [9.17, 15) is 14.4 Å². The number of aryl methyl sites for hydroxylation is 1. The molecule has 4 rings (SSSR count). The first kappa shape index (κ1) is 22.1. The van der Waals surface area contributed by atoms with Gasteiger partial charge in [-0.15, -0.1) is 0 Å². The average molecular weight is 456 g/mol. The molecule has 2 aliphatic heterocycles. The molecule has 3 heterocycles. The van der Waals surface area contributed by atoms with Crippen molar-refractivity contribution in [3.63, 3.8) is 0 Å². The largest absolute Gasteiger partial charge is 0.361 e. The van der Waals surface area contributed by atoms with E-state index in [1.807, 2.05) is 0 Å². The van der Waals surface area contributed by atoms with E-state index in [0.29, 0.717) is 29.2 Å². The highest BCUT2D eigenvalue weighted by Gasteiger charge is 2.33. The fourth-order valence-electron chi connectivity index (χ4n) is 3.66. The Balaban J connectivity index is 1.28. The van der Waals surface area contributed by atoms with Crippen LogP contribution in [-0.4, -0.2) is 63.2 Å². The van der Waals surface area contributed by atoms with E-state index < -0.39 is 5.25 Å². The van der Waals surface area contributed by atoms with Crippen molar-refractivity contribution in [3.8, 4) is 0 Å². The zero-order valence-corrected chi connectivity index (χ0v) is 18.9. The van der Waals surface area contributed by atoms with Crippen LogP contribution in [0.4, 0.5) is 5.69 Å². The van der Waals surface area contributed by atoms with Crippen molar-refractivity contribution in [2.24, 2.45) is 4.99 Å². The predicted octanol–water partition coefficient (Wildman–Crippen LogP) is 2.68. The van der Waals surface area contributed by atoms with Gasteiger partial charge in [-0.1, -0.05) is 16.9 Å². The number of amides is 3. The molecule has 1 aromatic heterocycles. The minimum absolute atomic E-state index is 0.0604. The molecule has 1 N–H and O–H groups in total. The fourth-order valence-corrected chi connectivity index (χ4v) is 4.77. The summed E-state index contributed by atoms with van der Waals surface area (Å²) in [6.07, 6.45) is 2.27. The van der Waals surface area contributed by atoms with E-state index in [0.717, 1.165) is 31.1 Å². The number of hydrogen-bond donors (Lipinski definition) is 1. The van der Waals surface area contributed by atoms with Gasteiger partial charge in [-0.25, -0.2) is 0 Å². The SMILES string of the molecule is Cc1cc(CN(C)C(=O)c2ccc(NC(=O)CC3SC(N4CCCC4)=NC3=O)cc2)no1. The van der Waals surface area contributed by atoms with Crippen LogP contribution in [0.5, 0.6) is 0 Å². The Hall–Kier alpha value is -3.14. The van der Waals surface area contributed by atoms with Crippen LogP contribution in [0.25, 0.3) is 0 Å². The highest BCUT2D eigenvalue weighted by atomic mass is 32.2. The van der Waals surface area contributed by atoms with Crippen molar-refractivity contribution in [1.82, 2.24) is 15.0 Å². The Bertz CT molecular complexity index is 1040. The number of carbonyl (C=O) groups is 3. The number of aromatic nitrogens is 1. The van der Waals surface area contributed by atoms with Gasteiger partial charge in [0.2, 0.25) is 5.91 Å². The standard InChI is InChI=1S/C22H25N5O4S/c1-14-11-17(25-31-14)13-26(2)21(30)15-5-7-16(8-6-15)23-19(28)12-18-20(29)24-22(32-18)27-9-3-4-10-27/h5-8,11,18H,3-4,9-10,12-13H2,1-2H3,(H,23,28). The lowest BCUT2D eigenvalue weighted by molar-refractivity contribution is -0.121. The Labute approximate surface area is 190 Å². The van der Waals surface area contributed by atoms with Gasteiger partial charge in [0.1, 0.15) is 16.7 Å². The molecule has 1 fully saturated rings. The Morgan fingerprint density at radius 3 is 2.62 bits per heavy atom. The van der Waals surface area contributed by atoms with Gasteiger partial charge in [0, 0.05) is 43.9 Å². The van der Waals surface area contributed by atoms with Crippen molar-refractivity contribution in [3.05, 3.63) is 47.3 Å². The van der Waals surface area contributed by atoms with Crippen LogP contribution in [0.3, 0.4) is 0 Å². The molecule has 1 atom stereocenters. The van der Waals surface area contributed by atoms with Gasteiger partial charge in [-0.2, -0.15) is 4.99 Å². The van der Waals surface area contributed by atoms with E-state index in [1.165, 1.54) is 11.8 Å². The number of rotatable bonds is 6. The summed E-state index contributed by atoms with van der Waals surface area (Å²) in [6, 6.07) is 8.46. The van der Waals surface area contributed by atoms with Gasteiger partial charge in [-0.05, 0) is 44.0 Å². The maximum absolute atomic E-state index is 12.6. The van der Waals surface area contributed by atoms with E-state index in [2.05, 4.69) is 20.4 Å². The van der Waals surface area contributed by atoms with Crippen LogP contribution < -0.4 is 5.32 Å². The molecule has 1 saturated heterocycles. The van der Waals surface area contributed by atoms with E-state index >= 15 is 0 Å². The van der Waals surface area contributed by atoms with Gasteiger partial charge in [0.25, 0.3) is 11.8 Å². The maximum atomic E-state index is 12.6. The topological polar surface area (TPSA) is 108 Å². The number of nitrogens with zero attached hydrogens (tertiary/aromatic N) is 4. The molecule has 10 heteroatoms. The summed E-state index contributed by atoms with van der Waals surface area (Å²) in [5, 5.41) is 6.94. The predicted molar refractivity (Wildman–Crippen MR) is 121 cm³/mol. The van der Waals surface area contributed by atoms with Crippen molar-refractivity contribution in [2.75, 3.05) is 25.5 Å². The van der Waals surface area contributed by atoms with E-state index in [1.54, 1.807) is 49.2 Å². The summed E-state index contributed by atoms with van der Waals surface area (Å²) in [7, 11) is 1.69. The summed E-state index contributed by atoms with van der Waals surface area (Å²) in [6.45, 7) is 3.96. The van der Waals surface area contributed by atoms with E-state index in [-0.39, 0.29) is 24.1 Å². The van der Waals surface area contributed by atoms with Gasteiger partial charge in [0.05, 0.1) is 6.54 Å². The first-order valence-electron chi connectivity index (χ1n) is 10.5. The smallest absolute Gasteiger partial charge is 0.262 e. The minimum Gasteiger partial charge on any atom is -0.361 e. The quantitative estimate of drug-likeness (QED) is 0.713. The average Bonchev–Trinajstić information content (AvgIpc) is 3.51. The lowest BCUT2D eigenvalue weighted by atomic mass is 10.1. The molecule has 0 bridgehead atoms. The molecule has 0 spiro atoms. The summed E-state index contributed by atoms with van der Waals surface area (Å²) in [5.74, 6) is 0.0187. The van der Waals surface area contributed by atoms with Crippen molar-refractivity contribution < 1.29 is 18.9 Å². The molecule has 3 amide bonds. The second-order valence-corrected chi connectivity index (χ2v) is 9.12. The van der Waals surface area contributed by atoms with Crippen molar-refractivity contribution in [2.45, 2.75) is 38.0 Å². The Kier molecular flexibility index (Phi) is 6.59. The maximum Gasteiger partial charge on any atom is 0.262 e. The number of nitrogens with one attached hydrogen (secondary N) is 1. The molecule has 1 unspecified atom stereocenters. The molecule has 168 valence electrons. The zero-order valence-electron chi connectivity index (χ0n) is 18.0. The van der Waals surface area contributed by atoms with Crippen LogP contribution >= 0.6 is 11.8 Å². The third kappa shape index (κ3) is 5.18. The van der Waals surface area contributed by atoms with Gasteiger partial charge in [0.15, 0.2) is 5.17 Å². The fraction of sp³-hybridized carbons (Fsp3) is 0.409. The van der Waals surface area contributed by atoms with Crippen LogP contribution in [0.15, 0.2) is 39.8 Å². The summed E-state index contributed by atoms with van der Waals surface area (Å²) in [4.78, 5) is 45.0. The second kappa shape index (κ2) is 9.56. The number of benzene rings is 1. The lowest BCUT2D eigenvalue weighted by Gasteiger charge is -2.16. The van der Waals surface area contributed by atoms with Crippen molar-refractivity contribution >= 4 is 40.3 Å². The Morgan fingerprint density at radius 2 is 1.97 bits per heavy atom. The van der Waals surface area contributed by atoms with E-state index in [4.69, 9.17) is 4.52 Å². The first-order valence-corrected chi connectivity index (χ1v) is 11.4. The van der Waals surface area contributed by atoms with Crippen LogP contribution in [0.2, 0.25) is 0 Å². The summed E-state index contributed by atoms with van der Waals surface area (Å²) < 4.78 is 5.03. The number of thioether (sulfide) groups is 1. The third-order valence-electron chi connectivity index (χ3n) is 5.31. The first-order chi connectivity index (χ1) is 15.4. The third-order valence-corrected chi connectivity index (χ3v) is 6.53.